The van der Waals surface area contributed by atoms with E-state index in [4.69, 9.17) is 0 Å². The lowest BCUT2D eigenvalue weighted by Gasteiger charge is -2.19. The van der Waals surface area contributed by atoms with E-state index in [0.717, 1.165) is 16.6 Å². The molecule has 0 aliphatic heterocycles. The van der Waals surface area contributed by atoms with Crippen molar-refractivity contribution in [3.63, 3.8) is 0 Å². The molecule has 2 aromatic rings. The van der Waals surface area contributed by atoms with Gasteiger partial charge in [0.25, 0.3) is 0 Å². The predicted molar refractivity (Wildman–Crippen MR) is 84.4 cm³/mol. The molecule has 25 heavy (non-hydrogen) atoms. The average Bonchev–Trinajstić information content (AvgIpc) is 2.55. The van der Waals surface area contributed by atoms with E-state index >= 15 is 0 Å². The monoisotopic (exact) mass is 373 g/mol. The van der Waals surface area contributed by atoms with Crippen LogP contribution in [0, 0.1) is 17.5 Å². The van der Waals surface area contributed by atoms with Crippen LogP contribution < -0.4 is 5.32 Å². The minimum absolute atomic E-state index is 0.173. The SMILES string of the molecule is CS(=O)(=O)N(CC(=O)Nc1ccc(F)c(F)c1F)Cc1ccccn1. The van der Waals surface area contributed by atoms with Crippen molar-refractivity contribution in [1.29, 1.82) is 0 Å². The van der Waals surface area contributed by atoms with E-state index in [9.17, 15) is 26.4 Å². The second-order valence-electron chi connectivity index (χ2n) is 5.12. The maximum absolute atomic E-state index is 13.6. The number of sulfonamides is 1. The number of carbonyl (C=O) groups excluding carboxylic acids is 1. The molecule has 0 aliphatic rings. The van der Waals surface area contributed by atoms with Crippen LogP contribution >= 0.6 is 0 Å². The standard InChI is InChI=1S/C15H14F3N3O3S/c1-25(23,24)21(8-10-4-2-3-7-19-10)9-13(22)20-12-6-5-11(16)14(17)15(12)18/h2-7H,8-9H2,1H3,(H,20,22). The summed E-state index contributed by atoms with van der Waals surface area (Å²) >= 11 is 0. The van der Waals surface area contributed by atoms with Gasteiger partial charge in [0, 0.05) is 6.20 Å². The molecule has 2 rings (SSSR count). The summed E-state index contributed by atoms with van der Waals surface area (Å²) in [5.74, 6) is -5.61. The quantitative estimate of drug-likeness (QED) is 0.785. The summed E-state index contributed by atoms with van der Waals surface area (Å²) in [6.07, 6.45) is 2.37. The van der Waals surface area contributed by atoms with Crippen LogP contribution in [0.3, 0.4) is 0 Å². The predicted octanol–water partition coefficient (Wildman–Crippen LogP) is 1.90. The van der Waals surface area contributed by atoms with Crippen LogP contribution in [-0.4, -0.2) is 36.4 Å². The molecule has 0 aliphatic carbocycles. The van der Waals surface area contributed by atoms with Crippen molar-refractivity contribution in [2.45, 2.75) is 6.54 Å². The molecule has 1 aromatic carbocycles. The van der Waals surface area contributed by atoms with Gasteiger partial charge < -0.3 is 5.32 Å². The number of carbonyl (C=O) groups is 1. The molecule has 0 spiro atoms. The zero-order valence-electron chi connectivity index (χ0n) is 13.0. The fourth-order valence-corrected chi connectivity index (χ4v) is 2.65. The van der Waals surface area contributed by atoms with Crippen LogP contribution in [0.5, 0.6) is 0 Å². The van der Waals surface area contributed by atoms with Crippen LogP contribution in [0.4, 0.5) is 18.9 Å². The normalized spacial score (nSPS) is 11.6. The second kappa shape index (κ2) is 7.62. The van der Waals surface area contributed by atoms with Crippen LogP contribution in [0.15, 0.2) is 36.5 Å². The molecule has 1 aromatic heterocycles. The molecule has 1 amide bonds. The van der Waals surface area contributed by atoms with Gasteiger partial charge in [-0.3, -0.25) is 9.78 Å². The number of hydrogen-bond acceptors (Lipinski definition) is 4. The average molecular weight is 373 g/mol. The number of nitrogens with zero attached hydrogens (tertiary/aromatic N) is 2. The zero-order valence-corrected chi connectivity index (χ0v) is 13.9. The Bertz CT molecular complexity index is 876. The van der Waals surface area contributed by atoms with Crippen LogP contribution in [-0.2, 0) is 21.4 Å². The Balaban J connectivity index is 2.14. The van der Waals surface area contributed by atoms with Crippen molar-refractivity contribution in [3.05, 3.63) is 59.7 Å². The maximum Gasteiger partial charge on any atom is 0.239 e. The third-order valence-electron chi connectivity index (χ3n) is 3.16. The minimum atomic E-state index is -3.77. The van der Waals surface area contributed by atoms with E-state index < -0.39 is 45.6 Å². The second-order valence-corrected chi connectivity index (χ2v) is 7.11. The molecule has 1 N–H and O–H groups in total. The highest BCUT2D eigenvalue weighted by Crippen LogP contribution is 2.19. The number of benzene rings is 1. The summed E-state index contributed by atoms with van der Waals surface area (Å²) in [6.45, 7) is -0.818. The Labute approximate surface area is 142 Å². The molecular formula is C15H14F3N3O3S. The Hall–Kier alpha value is -2.46. The van der Waals surface area contributed by atoms with Crippen LogP contribution in [0.2, 0.25) is 0 Å². The number of anilines is 1. The molecule has 0 unspecified atom stereocenters. The molecule has 10 heteroatoms. The first-order chi connectivity index (χ1) is 11.7. The van der Waals surface area contributed by atoms with E-state index in [-0.39, 0.29) is 6.54 Å². The van der Waals surface area contributed by atoms with Gasteiger partial charge in [0.15, 0.2) is 17.5 Å². The Kier molecular flexibility index (Phi) is 5.75. The number of aromatic nitrogens is 1. The highest BCUT2D eigenvalue weighted by Gasteiger charge is 2.22. The number of nitrogens with one attached hydrogen (secondary N) is 1. The summed E-state index contributed by atoms with van der Waals surface area (Å²) in [5.41, 5.74) is -0.185. The van der Waals surface area contributed by atoms with Crippen molar-refractivity contribution < 1.29 is 26.4 Å². The number of pyridine rings is 1. The molecule has 1 heterocycles. The molecule has 0 saturated heterocycles. The molecule has 6 nitrogen and oxygen atoms in total. The molecular weight excluding hydrogens is 359 g/mol. The van der Waals surface area contributed by atoms with Gasteiger partial charge in [-0.15, -0.1) is 0 Å². The highest BCUT2D eigenvalue weighted by atomic mass is 32.2. The van der Waals surface area contributed by atoms with Gasteiger partial charge in [-0.25, -0.2) is 21.6 Å². The van der Waals surface area contributed by atoms with E-state index in [1.54, 1.807) is 18.2 Å². The van der Waals surface area contributed by atoms with E-state index in [0.29, 0.717) is 11.8 Å². The van der Waals surface area contributed by atoms with Gasteiger partial charge in [-0.05, 0) is 24.3 Å². The van der Waals surface area contributed by atoms with Gasteiger partial charge in [-0.1, -0.05) is 6.07 Å². The van der Waals surface area contributed by atoms with Crippen LogP contribution in [0.1, 0.15) is 5.69 Å². The van der Waals surface area contributed by atoms with Crippen molar-refractivity contribution in [2.75, 3.05) is 18.1 Å². The summed E-state index contributed by atoms with van der Waals surface area (Å²) in [7, 11) is -3.77. The van der Waals surface area contributed by atoms with Crippen LogP contribution in [0.25, 0.3) is 0 Å². The Morgan fingerprint density at radius 2 is 1.88 bits per heavy atom. The van der Waals surface area contributed by atoms with E-state index in [1.165, 1.54) is 6.20 Å². The fraction of sp³-hybridized carbons (Fsp3) is 0.200. The van der Waals surface area contributed by atoms with Crippen molar-refractivity contribution >= 4 is 21.6 Å². The summed E-state index contributed by atoms with van der Waals surface area (Å²) < 4.78 is 64.1. The third kappa shape index (κ3) is 5.00. The fourth-order valence-electron chi connectivity index (χ4n) is 1.94. The molecule has 0 saturated carbocycles. The summed E-state index contributed by atoms with van der Waals surface area (Å²) in [5, 5.41) is 2.02. The third-order valence-corrected chi connectivity index (χ3v) is 4.36. The Morgan fingerprint density at radius 3 is 2.48 bits per heavy atom. The molecule has 0 bridgehead atoms. The topological polar surface area (TPSA) is 79.4 Å². The molecule has 0 radical (unpaired) electrons. The summed E-state index contributed by atoms with van der Waals surface area (Å²) in [4.78, 5) is 16.0. The van der Waals surface area contributed by atoms with Crippen molar-refractivity contribution in [2.24, 2.45) is 0 Å². The first-order valence-corrected chi connectivity index (χ1v) is 8.81. The van der Waals surface area contributed by atoms with Gasteiger partial charge in [0.2, 0.25) is 15.9 Å². The van der Waals surface area contributed by atoms with E-state index in [1.807, 2.05) is 5.32 Å². The lowest BCUT2D eigenvalue weighted by molar-refractivity contribution is -0.116. The van der Waals surface area contributed by atoms with Gasteiger partial charge in [0.1, 0.15) is 0 Å². The lowest BCUT2D eigenvalue weighted by atomic mass is 10.2. The smallest absolute Gasteiger partial charge is 0.239 e. The summed E-state index contributed by atoms with van der Waals surface area (Å²) in [6, 6.07) is 6.36. The maximum atomic E-state index is 13.6. The van der Waals surface area contributed by atoms with Gasteiger partial charge in [-0.2, -0.15) is 4.31 Å². The van der Waals surface area contributed by atoms with E-state index in [2.05, 4.69) is 4.98 Å². The Morgan fingerprint density at radius 1 is 1.16 bits per heavy atom. The first kappa shape index (κ1) is 18.9. The number of amides is 1. The number of rotatable bonds is 6. The molecule has 0 fully saturated rings. The number of hydrogen-bond donors (Lipinski definition) is 1. The van der Waals surface area contributed by atoms with Gasteiger partial charge in [0.05, 0.1) is 30.7 Å². The molecule has 0 atom stereocenters. The minimum Gasteiger partial charge on any atom is -0.322 e. The number of halogens is 3. The highest BCUT2D eigenvalue weighted by molar-refractivity contribution is 7.88. The first-order valence-electron chi connectivity index (χ1n) is 6.97. The lowest BCUT2D eigenvalue weighted by Crippen LogP contribution is -2.37. The van der Waals surface area contributed by atoms with Crippen molar-refractivity contribution in [1.82, 2.24) is 9.29 Å². The zero-order chi connectivity index (χ0) is 18.6. The van der Waals surface area contributed by atoms with Crippen molar-refractivity contribution in [3.8, 4) is 0 Å². The molecule has 134 valence electrons. The van der Waals surface area contributed by atoms with Gasteiger partial charge >= 0.3 is 0 Å². The largest absolute Gasteiger partial charge is 0.322 e.